The number of anilines is 1. The van der Waals surface area contributed by atoms with E-state index < -0.39 is 24.2 Å². The van der Waals surface area contributed by atoms with Crippen molar-refractivity contribution in [3.8, 4) is 0 Å². The first kappa shape index (κ1) is 39.9. The normalized spacial score (nSPS) is 19.6. The van der Waals surface area contributed by atoms with E-state index in [9.17, 15) is 28.7 Å². The molecule has 3 rings (SSSR count). The zero-order valence-electron chi connectivity index (χ0n) is 30.2. The summed E-state index contributed by atoms with van der Waals surface area (Å²) in [7, 11) is 3.96. The lowest BCUT2D eigenvalue weighted by atomic mass is 9.86. The molecule has 2 amide bonds. The molecule has 49 heavy (non-hydrogen) atoms. The fourth-order valence-electron chi connectivity index (χ4n) is 6.61. The van der Waals surface area contributed by atoms with Crippen molar-refractivity contribution in [1.29, 1.82) is 0 Å². The number of carbonyl (C=O) groups excluding carboxylic acids is 4. The van der Waals surface area contributed by atoms with E-state index in [1.165, 1.54) is 12.1 Å². The zero-order chi connectivity index (χ0) is 36.1. The number of aliphatic hydroxyl groups is 1. The third kappa shape index (κ3) is 12.7. The van der Waals surface area contributed by atoms with Crippen LogP contribution in [0.3, 0.4) is 0 Å². The number of piperazine rings is 1. The SMILES string of the molecule is CC(=O)N1CCC(CN(C)c2cc(F)cc(/C=C(\C)[C@@H](C=O)[C@@H](C)/C=C/[C@H](OC(=O)N3CCN(C)CC3)[C@@H](C)CC[C@@H](O)CC=O)c2)CC1. The number of amides is 2. The van der Waals surface area contributed by atoms with Crippen LogP contribution in [0.5, 0.6) is 0 Å². The minimum absolute atomic E-state index is 0.0582. The second-order valence-electron chi connectivity index (χ2n) is 14.1. The quantitative estimate of drug-likeness (QED) is 0.190. The number of aldehydes is 2. The second-order valence-corrected chi connectivity index (χ2v) is 14.1. The highest BCUT2D eigenvalue weighted by Gasteiger charge is 2.27. The molecule has 1 aromatic rings. The molecule has 1 aromatic carbocycles. The first-order valence-electron chi connectivity index (χ1n) is 17.7. The number of rotatable bonds is 16. The minimum Gasteiger partial charge on any atom is -0.442 e. The van der Waals surface area contributed by atoms with Crippen molar-refractivity contribution in [1.82, 2.24) is 14.7 Å². The molecule has 5 atom stereocenters. The van der Waals surface area contributed by atoms with Crippen molar-refractivity contribution in [2.75, 3.05) is 64.8 Å². The highest BCUT2D eigenvalue weighted by molar-refractivity contribution is 5.73. The van der Waals surface area contributed by atoms with Crippen molar-refractivity contribution in [3.63, 3.8) is 0 Å². The van der Waals surface area contributed by atoms with Crippen molar-refractivity contribution in [2.45, 2.75) is 72.0 Å². The van der Waals surface area contributed by atoms with E-state index in [-0.39, 0.29) is 30.0 Å². The van der Waals surface area contributed by atoms with Crippen LogP contribution < -0.4 is 4.90 Å². The van der Waals surface area contributed by atoms with Crippen LogP contribution in [0, 0.1) is 29.5 Å². The Hall–Kier alpha value is -3.57. The number of halogens is 1. The highest BCUT2D eigenvalue weighted by atomic mass is 19.1. The van der Waals surface area contributed by atoms with Gasteiger partial charge < -0.3 is 39.0 Å². The van der Waals surface area contributed by atoms with Crippen LogP contribution in [0.2, 0.25) is 0 Å². The Morgan fingerprint density at radius 2 is 1.67 bits per heavy atom. The van der Waals surface area contributed by atoms with Gasteiger partial charge in [0.25, 0.3) is 0 Å². The van der Waals surface area contributed by atoms with Gasteiger partial charge in [0.2, 0.25) is 5.91 Å². The van der Waals surface area contributed by atoms with E-state index in [1.807, 2.05) is 64.1 Å². The van der Waals surface area contributed by atoms with Crippen LogP contribution in [-0.2, 0) is 19.1 Å². The number of hydrogen-bond acceptors (Lipinski definition) is 8. The average molecular weight is 685 g/mol. The van der Waals surface area contributed by atoms with Gasteiger partial charge in [-0.05, 0) is 87.2 Å². The number of hydrogen-bond donors (Lipinski definition) is 1. The molecule has 0 unspecified atom stereocenters. The Bertz CT molecular complexity index is 1300. The van der Waals surface area contributed by atoms with Gasteiger partial charge >= 0.3 is 6.09 Å². The second kappa shape index (κ2) is 19.6. The molecule has 10 nitrogen and oxygen atoms in total. The lowest BCUT2D eigenvalue weighted by Crippen LogP contribution is -2.48. The minimum atomic E-state index is -0.752. The topological polar surface area (TPSA) is 111 Å². The summed E-state index contributed by atoms with van der Waals surface area (Å²) in [6.45, 7) is 12.2. The number of benzene rings is 1. The predicted molar refractivity (Wildman–Crippen MR) is 191 cm³/mol. The molecule has 0 bridgehead atoms. The largest absolute Gasteiger partial charge is 0.442 e. The lowest BCUT2D eigenvalue weighted by Gasteiger charge is -2.34. The van der Waals surface area contributed by atoms with Gasteiger partial charge in [0.1, 0.15) is 24.5 Å². The molecule has 272 valence electrons. The molecule has 2 aliphatic heterocycles. The van der Waals surface area contributed by atoms with Gasteiger partial charge in [-0.25, -0.2) is 9.18 Å². The monoisotopic (exact) mass is 684 g/mol. The number of ether oxygens (including phenoxy) is 1. The molecule has 0 aliphatic carbocycles. The summed E-state index contributed by atoms with van der Waals surface area (Å²) in [6, 6.07) is 4.90. The molecule has 2 saturated heterocycles. The third-order valence-electron chi connectivity index (χ3n) is 10.1. The average Bonchev–Trinajstić information content (AvgIpc) is 3.06. The number of piperidine rings is 1. The van der Waals surface area contributed by atoms with Gasteiger partial charge in [-0.15, -0.1) is 0 Å². The van der Waals surface area contributed by atoms with Crippen LogP contribution >= 0.6 is 0 Å². The Kier molecular flexibility index (Phi) is 15.9. The maximum Gasteiger partial charge on any atom is 0.410 e. The molecule has 0 spiro atoms. The van der Waals surface area contributed by atoms with E-state index in [4.69, 9.17) is 4.74 Å². The molecular weight excluding hydrogens is 627 g/mol. The molecular formula is C38H57FN4O6. The maximum atomic E-state index is 14.8. The molecule has 2 heterocycles. The summed E-state index contributed by atoms with van der Waals surface area (Å²) in [4.78, 5) is 55.8. The molecule has 0 saturated carbocycles. The first-order valence-corrected chi connectivity index (χ1v) is 17.7. The zero-order valence-corrected chi connectivity index (χ0v) is 30.2. The van der Waals surface area contributed by atoms with Crippen LogP contribution in [-0.4, -0.2) is 116 Å². The van der Waals surface area contributed by atoms with Crippen molar-refractivity contribution in [2.24, 2.45) is 23.7 Å². The van der Waals surface area contributed by atoms with Gasteiger partial charge in [-0.1, -0.05) is 31.6 Å². The first-order chi connectivity index (χ1) is 23.3. The predicted octanol–water partition coefficient (Wildman–Crippen LogP) is 5.05. The molecule has 0 aromatic heterocycles. The molecule has 1 N–H and O–H groups in total. The van der Waals surface area contributed by atoms with E-state index in [0.29, 0.717) is 43.7 Å². The molecule has 11 heteroatoms. The van der Waals surface area contributed by atoms with Crippen LogP contribution in [0.15, 0.2) is 35.9 Å². The van der Waals surface area contributed by atoms with E-state index in [2.05, 4.69) is 9.80 Å². The number of nitrogens with zero attached hydrogens (tertiary/aromatic N) is 4. The third-order valence-corrected chi connectivity index (χ3v) is 10.1. The van der Waals surface area contributed by atoms with E-state index >= 15 is 0 Å². The van der Waals surface area contributed by atoms with Gasteiger partial charge in [-0.3, -0.25) is 4.79 Å². The Balaban J connectivity index is 1.71. The molecule has 2 fully saturated rings. The number of likely N-dealkylation sites (tertiary alicyclic amines) is 1. The van der Waals surface area contributed by atoms with Gasteiger partial charge in [-0.2, -0.15) is 0 Å². The maximum absolute atomic E-state index is 14.8. The molecule has 2 aliphatic rings. The standard InChI is InChI=1S/C38H57FN4O6/c1-27(8-10-37(28(2)7-9-35(47)13-20-44)49-38(48)43-18-16-40(5)17-19-43)36(26-45)29(3)21-32-22-33(39)24-34(23-32)41(6)25-31-11-14-42(15-12-31)30(4)46/h8,10,20-24,26-28,31,35-37,47H,7,9,11-19,25H2,1-6H3/b10-8+,29-21+/t27-,28-,35+,36-,37-/m0/s1. The Labute approximate surface area is 291 Å². The van der Waals surface area contributed by atoms with Crippen molar-refractivity contribution < 1.29 is 33.4 Å². The Morgan fingerprint density at radius 1 is 1.00 bits per heavy atom. The van der Waals surface area contributed by atoms with Gasteiger partial charge in [0, 0.05) is 77.8 Å². The fourth-order valence-corrected chi connectivity index (χ4v) is 6.61. The number of aliphatic hydroxyl groups excluding tert-OH is 1. The smallest absolute Gasteiger partial charge is 0.410 e. The lowest BCUT2D eigenvalue weighted by molar-refractivity contribution is -0.130. The van der Waals surface area contributed by atoms with Crippen LogP contribution in [0.25, 0.3) is 6.08 Å². The fraction of sp³-hybridized carbons (Fsp3) is 0.632. The summed E-state index contributed by atoms with van der Waals surface area (Å²) >= 11 is 0. The summed E-state index contributed by atoms with van der Waals surface area (Å²) in [6.07, 6.45) is 8.23. The highest BCUT2D eigenvalue weighted by Crippen LogP contribution is 2.28. The number of allylic oxidation sites excluding steroid dienone is 2. The summed E-state index contributed by atoms with van der Waals surface area (Å²) in [5.74, 6) is -0.733. The summed E-state index contributed by atoms with van der Waals surface area (Å²) < 4.78 is 20.8. The number of likely N-dealkylation sites (N-methyl/N-ethyl adjacent to an activating group) is 1. The van der Waals surface area contributed by atoms with Crippen molar-refractivity contribution >= 4 is 36.3 Å². The van der Waals surface area contributed by atoms with Gasteiger partial charge in [0.05, 0.1) is 6.10 Å². The van der Waals surface area contributed by atoms with Crippen LogP contribution in [0.1, 0.15) is 65.4 Å². The number of carbonyl (C=O) groups is 4. The van der Waals surface area contributed by atoms with Crippen LogP contribution in [0.4, 0.5) is 14.9 Å². The Morgan fingerprint density at radius 3 is 2.29 bits per heavy atom. The summed E-state index contributed by atoms with van der Waals surface area (Å²) in [5.41, 5.74) is 2.19. The molecule has 0 radical (unpaired) electrons. The van der Waals surface area contributed by atoms with E-state index in [0.717, 1.165) is 63.1 Å². The van der Waals surface area contributed by atoms with Crippen molar-refractivity contribution in [3.05, 3.63) is 47.3 Å². The summed E-state index contributed by atoms with van der Waals surface area (Å²) in [5, 5.41) is 10.1. The van der Waals surface area contributed by atoms with Gasteiger partial charge in [0.15, 0.2) is 0 Å². The van der Waals surface area contributed by atoms with E-state index in [1.54, 1.807) is 11.8 Å².